The van der Waals surface area contributed by atoms with Crippen LogP contribution in [0.4, 0.5) is 5.69 Å². The lowest BCUT2D eigenvalue weighted by Gasteiger charge is -2.12. The first-order valence-electron chi connectivity index (χ1n) is 8.82. The van der Waals surface area contributed by atoms with Gasteiger partial charge < -0.3 is 14.8 Å². The van der Waals surface area contributed by atoms with Gasteiger partial charge in [0.15, 0.2) is 0 Å². The third-order valence-electron chi connectivity index (χ3n) is 4.36. The smallest absolute Gasteiger partial charge is 0.341 e. The molecular weight excluding hydrogens is 354 g/mol. The standard InChI is InChI=1S/C23H21NO4/c1-27-21-15-18(12-13-20(21)23(26)28-2)24-22(25)19-11-7-6-10-17(19)14-16-8-4-3-5-9-16/h3-13,15H,14H2,1-2H3,(H,24,25). The summed E-state index contributed by atoms with van der Waals surface area (Å²) < 4.78 is 9.98. The number of esters is 1. The van der Waals surface area contributed by atoms with Crippen LogP contribution in [0.15, 0.2) is 72.8 Å². The second-order valence-electron chi connectivity index (χ2n) is 6.18. The molecule has 0 saturated heterocycles. The molecule has 1 amide bonds. The highest BCUT2D eigenvalue weighted by Crippen LogP contribution is 2.25. The number of nitrogens with one attached hydrogen (secondary N) is 1. The molecule has 0 aliphatic heterocycles. The van der Waals surface area contributed by atoms with Crippen molar-refractivity contribution in [1.29, 1.82) is 0 Å². The van der Waals surface area contributed by atoms with Crippen molar-refractivity contribution >= 4 is 17.6 Å². The third kappa shape index (κ3) is 4.38. The zero-order chi connectivity index (χ0) is 19.9. The molecule has 3 aromatic carbocycles. The molecule has 3 rings (SSSR count). The van der Waals surface area contributed by atoms with E-state index in [1.165, 1.54) is 14.2 Å². The van der Waals surface area contributed by atoms with Crippen LogP contribution in [0.3, 0.4) is 0 Å². The summed E-state index contributed by atoms with van der Waals surface area (Å²) in [6.45, 7) is 0. The van der Waals surface area contributed by atoms with Gasteiger partial charge >= 0.3 is 5.97 Å². The van der Waals surface area contributed by atoms with Crippen molar-refractivity contribution < 1.29 is 19.1 Å². The topological polar surface area (TPSA) is 64.6 Å². The van der Waals surface area contributed by atoms with E-state index in [0.717, 1.165) is 11.1 Å². The molecule has 0 fully saturated rings. The number of rotatable bonds is 6. The van der Waals surface area contributed by atoms with Gasteiger partial charge in [0, 0.05) is 17.3 Å². The average molecular weight is 375 g/mol. The minimum atomic E-state index is -0.497. The Morgan fingerprint density at radius 1 is 0.857 bits per heavy atom. The normalized spacial score (nSPS) is 10.2. The van der Waals surface area contributed by atoms with E-state index in [1.54, 1.807) is 24.3 Å². The van der Waals surface area contributed by atoms with E-state index in [-0.39, 0.29) is 5.91 Å². The summed E-state index contributed by atoms with van der Waals surface area (Å²) in [5, 5.41) is 2.87. The van der Waals surface area contributed by atoms with Crippen LogP contribution >= 0.6 is 0 Å². The SMILES string of the molecule is COC(=O)c1ccc(NC(=O)c2ccccc2Cc2ccccc2)cc1OC. The van der Waals surface area contributed by atoms with Crippen molar-refractivity contribution in [2.75, 3.05) is 19.5 Å². The highest BCUT2D eigenvalue weighted by molar-refractivity contribution is 6.05. The van der Waals surface area contributed by atoms with Gasteiger partial charge in [0.2, 0.25) is 0 Å². The van der Waals surface area contributed by atoms with Crippen molar-refractivity contribution in [3.63, 3.8) is 0 Å². The molecule has 0 atom stereocenters. The van der Waals surface area contributed by atoms with Gasteiger partial charge in [-0.3, -0.25) is 4.79 Å². The minimum Gasteiger partial charge on any atom is -0.496 e. The fourth-order valence-electron chi connectivity index (χ4n) is 2.96. The Labute approximate surface area is 163 Å². The van der Waals surface area contributed by atoms with Gasteiger partial charge in [-0.2, -0.15) is 0 Å². The Hall–Kier alpha value is -3.60. The lowest BCUT2D eigenvalue weighted by atomic mass is 9.99. The molecule has 142 valence electrons. The Morgan fingerprint density at radius 2 is 1.57 bits per heavy atom. The van der Waals surface area contributed by atoms with E-state index in [0.29, 0.717) is 29.0 Å². The maximum atomic E-state index is 12.9. The molecule has 28 heavy (non-hydrogen) atoms. The largest absolute Gasteiger partial charge is 0.496 e. The average Bonchev–Trinajstić information content (AvgIpc) is 2.74. The molecule has 5 nitrogen and oxygen atoms in total. The van der Waals surface area contributed by atoms with Crippen molar-refractivity contribution in [2.24, 2.45) is 0 Å². The molecule has 5 heteroatoms. The molecular formula is C23H21NO4. The number of benzene rings is 3. The first kappa shape index (κ1) is 19.2. The molecule has 0 saturated carbocycles. The van der Waals surface area contributed by atoms with Crippen LogP contribution in [-0.2, 0) is 11.2 Å². The van der Waals surface area contributed by atoms with E-state index in [4.69, 9.17) is 9.47 Å². The summed E-state index contributed by atoms with van der Waals surface area (Å²) in [6, 6.07) is 22.3. The Balaban J connectivity index is 1.83. The fourth-order valence-corrected chi connectivity index (χ4v) is 2.96. The molecule has 0 aromatic heterocycles. The summed E-state index contributed by atoms with van der Waals surface area (Å²) in [7, 11) is 2.77. The highest BCUT2D eigenvalue weighted by atomic mass is 16.5. The van der Waals surface area contributed by atoms with Gasteiger partial charge in [0.05, 0.1) is 14.2 Å². The zero-order valence-electron chi connectivity index (χ0n) is 15.8. The van der Waals surface area contributed by atoms with Gasteiger partial charge in [-0.05, 0) is 35.7 Å². The summed E-state index contributed by atoms with van der Waals surface area (Å²) in [5.41, 5.74) is 3.50. The quantitative estimate of drug-likeness (QED) is 0.652. The summed E-state index contributed by atoms with van der Waals surface area (Å²) in [5.74, 6) is -0.385. The lowest BCUT2D eigenvalue weighted by Crippen LogP contribution is -2.15. The fraction of sp³-hybridized carbons (Fsp3) is 0.130. The molecule has 0 radical (unpaired) electrons. The van der Waals surface area contributed by atoms with Gasteiger partial charge in [-0.25, -0.2) is 4.79 Å². The van der Waals surface area contributed by atoms with Crippen LogP contribution in [-0.4, -0.2) is 26.1 Å². The number of hydrogen-bond donors (Lipinski definition) is 1. The Morgan fingerprint density at radius 3 is 2.29 bits per heavy atom. The first-order chi connectivity index (χ1) is 13.6. The van der Waals surface area contributed by atoms with Crippen LogP contribution in [0, 0.1) is 0 Å². The molecule has 3 aromatic rings. The Bertz CT molecular complexity index is 983. The van der Waals surface area contributed by atoms with E-state index >= 15 is 0 Å². The van der Waals surface area contributed by atoms with Gasteiger partial charge in [0.1, 0.15) is 11.3 Å². The van der Waals surface area contributed by atoms with Crippen molar-refractivity contribution in [2.45, 2.75) is 6.42 Å². The molecule has 0 heterocycles. The minimum absolute atomic E-state index is 0.223. The van der Waals surface area contributed by atoms with E-state index in [1.807, 2.05) is 48.5 Å². The number of amides is 1. The predicted molar refractivity (Wildman–Crippen MR) is 108 cm³/mol. The zero-order valence-corrected chi connectivity index (χ0v) is 15.8. The van der Waals surface area contributed by atoms with Gasteiger partial charge in [0.25, 0.3) is 5.91 Å². The Kier molecular flexibility index (Phi) is 6.07. The van der Waals surface area contributed by atoms with E-state index in [9.17, 15) is 9.59 Å². The van der Waals surface area contributed by atoms with Crippen LogP contribution in [0.2, 0.25) is 0 Å². The number of anilines is 1. The van der Waals surface area contributed by atoms with Gasteiger partial charge in [-0.1, -0.05) is 48.5 Å². The maximum absolute atomic E-state index is 12.9. The highest BCUT2D eigenvalue weighted by Gasteiger charge is 2.16. The van der Waals surface area contributed by atoms with Crippen molar-refractivity contribution in [1.82, 2.24) is 0 Å². The summed E-state index contributed by atoms with van der Waals surface area (Å²) in [4.78, 5) is 24.6. The maximum Gasteiger partial charge on any atom is 0.341 e. The number of carbonyl (C=O) groups excluding carboxylic acids is 2. The lowest BCUT2D eigenvalue weighted by molar-refractivity contribution is 0.0597. The second kappa shape index (κ2) is 8.86. The van der Waals surface area contributed by atoms with Crippen LogP contribution in [0.1, 0.15) is 31.8 Å². The van der Waals surface area contributed by atoms with E-state index in [2.05, 4.69) is 5.32 Å². The second-order valence-corrected chi connectivity index (χ2v) is 6.18. The molecule has 0 aliphatic carbocycles. The first-order valence-corrected chi connectivity index (χ1v) is 8.82. The van der Waals surface area contributed by atoms with Crippen LogP contribution < -0.4 is 10.1 Å². The summed E-state index contributed by atoms with van der Waals surface area (Å²) >= 11 is 0. The van der Waals surface area contributed by atoms with Crippen molar-refractivity contribution in [3.05, 3.63) is 95.1 Å². The molecule has 0 bridgehead atoms. The van der Waals surface area contributed by atoms with Crippen LogP contribution in [0.25, 0.3) is 0 Å². The summed E-state index contributed by atoms with van der Waals surface area (Å²) in [6.07, 6.45) is 0.662. The van der Waals surface area contributed by atoms with E-state index < -0.39 is 5.97 Å². The molecule has 0 aliphatic rings. The third-order valence-corrected chi connectivity index (χ3v) is 4.36. The molecule has 0 spiro atoms. The number of methoxy groups -OCH3 is 2. The molecule has 1 N–H and O–H groups in total. The van der Waals surface area contributed by atoms with Gasteiger partial charge in [-0.15, -0.1) is 0 Å². The number of ether oxygens (including phenoxy) is 2. The molecule has 0 unspecified atom stereocenters. The predicted octanol–water partition coefficient (Wildman–Crippen LogP) is 4.32. The van der Waals surface area contributed by atoms with Crippen LogP contribution in [0.5, 0.6) is 5.75 Å². The monoisotopic (exact) mass is 375 g/mol. The number of hydrogen-bond acceptors (Lipinski definition) is 4. The van der Waals surface area contributed by atoms with Crippen molar-refractivity contribution in [3.8, 4) is 5.75 Å². The number of carbonyl (C=O) groups is 2.